The lowest BCUT2D eigenvalue weighted by molar-refractivity contribution is 0.104. The van der Waals surface area contributed by atoms with Gasteiger partial charge in [-0.3, -0.25) is 9.52 Å². The van der Waals surface area contributed by atoms with E-state index in [1.807, 2.05) is 18.4 Å². The fourth-order valence-electron chi connectivity index (χ4n) is 2.17. The van der Waals surface area contributed by atoms with Gasteiger partial charge >= 0.3 is 0 Å². The Morgan fingerprint density at radius 3 is 2.21 bits per heavy atom. The summed E-state index contributed by atoms with van der Waals surface area (Å²) in [6, 6.07) is 16.6. The van der Waals surface area contributed by atoms with Crippen LogP contribution in [0.4, 0.5) is 5.69 Å². The molecule has 6 heteroatoms. The molecule has 4 nitrogen and oxygen atoms in total. The van der Waals surface area contributed by atoms with E-state index in [1.165, 1.54) is 11.3 Å². The molecule has 3 rings (SSSR count). The largest absolute Gasteiger partial charge is 0.288 e. The summed E-state index contributed by atoms with van der Waals surface area (Å²) in [6.45, 7) is 1.90. The molecule has 0 saturated heterocycles. The van der Waals surface area contributed by atoms with Crippen molar-refractivity contribution in [2.24, 2.45) is 0 Å². The van der Waals surface area contributed by atoms with Crippen molar-refractivity contribution in [3.8, 4) is 0 Å². The summed E-state index contributed by atoms with van der Waals surface area (Å²) in [7, 11) is -3.64. The van der Waals surface area contributed by atoms with Gasteiger partial charge in [-0.1, -0.05) is 23.8 Å². The van der Waals surface area contributed by atoms with Gasteiger partial charge in [-0.25, -0.2) is 8.42 Å². The number of sulfonamides is 1. The van der Waals surface area contributed by atoms with Gasteiger partial charge in [0.05, 0.1) is 9.77 Å². The highest BCUT2D eigenvalue weighted by atomic mass is 32.2. The molecular formula is C18H15NO3S2. The molecule has 0 fully saturated rings. The normalized spacial score (nSPS) is 11.2. The lowest BCUT2D eigenvalue weighted by Crippen LogP contribution is -2.13. The molecule has 0 atom stereocenters. The zero-order chi connectivity index (χ0) is 17.2. The van der Waals surface area contributed by atoms with Crippen molar-refractivity contribution in [1.82, 2.24) is 0 Å². The standard InChI is InChI=1S/C18H15NO3S2/c1-13-4-10-16(11-5-13)24(21,22)19-15-8-6-14(7-9-15)18(20)17-3-2-12-23-17/h2-12,19H,1H3. The Labute approximate surface area is 144 Å². The van der Waals surface area contributed by atoms with Crippen LogP contribution in [0, 0.1) is 6.92 Å². The van der Waals surface area contributed by atoms with Crippen LogP contribution in [0.1, 0.15) is 20.8 Å². The van der Waals surface area contributed by atoms with Crippen LogP contribution in [0.3, 0.4) is 0 Å². The van der Waals surface area contributed by atoms with Crippen LogP contribution in [0.15, 0.2) is 70.9 Å². The monoisotopic (exact) mass is 357 g/mol. The number of aryl methyl sites for hydroxylation is 1. The van der Waals surface area contributed by atoms with Crippen LogP contribution in [0.5, 0.6) is 0 Å². The third-order valence-corrected chi connectivity index (χ3v) is 5.74. The molecule has 0 unspecified atom stereocenters. The number of rotatable bonds is 5. The highest BCUT2D eigenvalue weighted by Gasteiger charge is 2.15. The van der Waals surface area contributed by atoms with Gasteiger partial charge in [0, 0.05) is 11.3 Å². The van der Waals surface area contributed by atoms with Gasteiger partial charge in [-0.05, 0) is 54.8 Å². The van der Waals surface area contributed by atoms with Crippen molar-refractivity contribution >= 4 is 32.8 Å². The quantitative estimate of drug-likeness (QED) is 0.700. The number of benzene rings is 2. The Balaban J connectivity index is 1.79. The van der Waals surface area contributed by atoms with Crippen molar-refractivity contribution in [3.63, 3.8) is 0 Å². The van der Waals surface area contributed by atoms with Crippen molar-refractivity contribution in [1.29, 1.82) is 0 Å². The van der Waals surface area contributed by atoms with Crippen molar-refractivity contribution in [2.75, 3.05) is 4.72 Å². The number of nitrogens with one attached hydrogen (secondary N) is 1. The number of thiophene rings is 1. The molecule has 0 spiro atoms. The molecule has 2 aromatic carbocycles. The fraction of sp³-hybridized carbons (Fsp3) is 0.0556. The first-order chi connectivity index (χ1) is 11.5. The number of hydrogen-bond donors (Lipinski definition) is 1. The van der Waals surface area contributed by atoms with E-state index in [0.717, 1.165) is 5.56 Å². The minimum Gasteiger partial charge on any atom is -0.288 e. The van der Waals surface area contributed by atoms with Crippen LogP contribution in [0.2, 0.25) is 0 Å². The SMILES string of the molecule is Cc1ccc(S(=O)(=O)Nc2ccc(C(=O)c3cccs3)cc2)cc1. The van der Waals surface area contributed by atoms with E-state index in [0.29, 0.717) is 16.1 Å². The molecule has 1 heterocycles. The minimum absolute atomic E-state index is 0.0714. The number of carbonyl (C=O) groups excluding carboxylic acids is 1. The first-order valence-electron chi connectivity index (χ1n) is 7.23. The van der Waals surface area contributed by atoms with E-state index in [-0.39, 0.29) is 10.7 Å². The average Bonchev–Trinajstić information content (AvgIpc) is 3.09. The number of ketones is 1. The van der Waals surface area contributed by atoms with Gasteiger partial charge in [-0.2, -0.15) is 0 Å². The van der Waals surface area contributed by atoms with E-state index in [4.69, 9.17) is 0 Å². The lowest BCUT2D eigenvalue weighted by Gasteiger charge is -2.09. The van der Waals surface area contributed by atoms with Gasteiger partial charge in [0.2, 0.25) is 5.78 Å². The van der Waals surface area contributed by atoms with Gasteiger partial charge < -0.3 is 0 Å². The molecule has 0 aliphatic heterocycles. The molecule has 0 amide bonds. The molecule has 24 heavy (non-hydrogen) atoms. The van der Waals surface area contributed by atoms with E-state index >= 15 is 0 Å². The first-order valence-corrected chi connectivity index (χ1v) is 9.60. The van der Waals surface area contributed by atoms with Gasteiger partial charge in [0.1, 0.15) is 0 Å². The van der Waals surface area contributed by atoms with Gasteiger partial charge in [0.25, 0.3) is 10.0 Å². The highest BCUT2D eigenvalue weighted by Crippen LogP contribution is 2.20. The summed E-state index contributed by atoms with van der Waals surface area (Å²) in [4.78, 5) is 13.1. The molecule has 0 aliphatic rings. The summed E-state index contributed by atoms with van der Waals surface area (Å²) in [6.07, 6.45) is 0. The average molecular weight is 357 g/mol. The van der Waals surface area contributed by atoms with Crippen LogP contribution in [-0.4, -0.2) is 14.2 Å². The third-order valence-electron chi connectivity index (χ3n) is 3.48. The summed E-state index contributed by atoms with van der Waals surface area (Å²) < 4.78 is 27.2. The predicted octanol–water partition coefficient (Wildman–Crippen LogP) is 4.09. The first kappa shape index (κ1) is 16.4. The molecular weight excluding hydrogens is 342 g/mol. The summed E-state index contributed by atoms with van der Waals surface area (Å²) in [5.41, 5.74) is 1.93. The van der Waals surface area contributed by atoms with Crippen molar-refractivity contribution in [3.05, 3.63) is 82.0 Å². The molecule has 1 aromatic heterocycles. The zero-order valence-electron chi connectivity index (χ0n) is 12.9. The van der Waals surface area contributed by atoms with Crippen LogP contribution < -0.4 is 4.72 Å². The Morgan fingerprint density at radius 2 is 1.62 bits per heavy atom. The van der Waals surface area contributed by atoms with E-state index in [9.17, 15) is 13.2 Å². The van der Waals surface area contributed by atoms with Crippen LogP contribution in [-0.2, 0) is 10.0 Å². The van der Waals surface area contributed by atoms with Gasteiger partial charge in [0.15, 0.2) is 0 Å². The Morgan fingerprint density at radius 1 is 0.958 bits per heavy atom. The summed E-state index contributed by atoms with van der Waals surface area (Å²) in [5.74, 6) is -0.0714. The Kier molecular flexibility index (Phi) is 4.51. The van der Waals surface area contributed by atoms with E-state index in [1.54, 1.807) is 54.6 Å². The molecule has 0 saturated carbocycles. The minimum atomic E-state index is -3.64. The maximum absolute atomic E-state index is 12.3. The van der Waals surface area contributed by atoms with Crippen LogP contribution in [0.25, 0.3) is 0 Å². The number of hydrogen-bond acceptors (Lipinski definition) is 4. The van der Waals surface area contributed by atoms with E-state index < -0.39 is 10.0 Å². The maximum atomic E-state index is 12.3. The highest BCUT2D eigenvalue weighted by molar-refractivity contribution is 7.92. The molecule has 0 radical (unpaired) electrons. The maximum Gasteiger partial charge on any atom is 0.261 e. The molecule has 1 N–H and O–H groups in total. The van der Waals surface area contributed by atoms with E-state index in [2.05, 4.69) is 4.72 Å². The number of carbonyl (C=O) groups is 1. The molecule has 3 aromatic rings. The fourth-order valence-corrected chi connectivity index (χ4v) is 3.92. The van der Waals surface area contributed by atoms with Crippen LogP contribution >= 0.6 is 11.3 Å². The summed E-state index contributed by atoms with van der Waals surface area (Å²) >= 11 is 1.38. The molecule has 0 aliphatic carbocycles. The second-order valence-electron chi connectivity index (χ2n) is 5.30. The molecule has 122 valence electrons. The van der Waals surface area contributed by atoms with Gasteiger partial charge in [-0.15, -0.1) is 11.3 Å². The predicted molar refractivity (Wildman–Crippen MR) is 96.2 cm³/mol. The summed E-state index contributed by atoms with van der Waals surface area (Å²) in [5, 5.41) is 1.84. The topological polar surface area (TPSA) is 63.2 Å². The zero-order valence-corrected chi connectivity index (χ0v) is 14.5. The smallest absolute Gasteiger partial charge is 0.261 e. The lowest BCUT2D eigenvalue weighted by atomic mass is 10.1. The second-order valence-corrected chi connectivity index (χ2v) is 7.93. The Bertz CT molecular complexity index is 943. The Hall–Kier alpha value is -2.44. The molecule has 0 bridgehead atoms. The van der Waals surface area contributed by atoms with Crippen molar-refractivity contribution in [2.45, 2.75) is 11.8 Å². The third kappa shape index (κ3) is 3.55. The van der Waals surface area contributed by atoms with Crippen molar-refractivity contribution < 1.29 is 13.2 Å². The second kappa shape index (κ2) is 6.59. The number of anilines is 1.